The summed E-state index contributed by atoms with van der Waals surface area (Å²) >= 11 is 5.95. The number of hydrogen-bond acceptors (Lipinski definition) is 2. The summed E-state index contributed by atoms with van der Waals surface area (Å²) in [5.41, 5.74) is 0.349. The average Bonchev–Trinajstić information content (AvgIpc) is 3.02. The van der Waals surface area contributed by atoms with E-state index in [-0.39, 0.29) is 17.0 Å². The predicted octanol–water partition coefficient (Wildman–Crippen LogP) is 3.86. The lowest BCUT2D eigenvalue weighted by Crippen LogP contribution is -2.45. The van der Waals surface area contributed by atoms with Gasteiger partial charge in [-0.3, -0.25) is 4.79 Å². The molecule has 0 bridgehead atoms. The number of nitrogens with zero attached hydrogens (tertiary/aromatic N) is 1. The molecule has 3 rings (SSSR count). The molecule has 1 N–H and O–H groups in total. The minimum Gasteiger partial charge on any atom is -0.349 e. The Morgan fingerprint density at radius 2 is 1.91 bits per heavy atom. The second-order valence-corrected chi connectivity index (χ2v) is 7.23. The summed E-state index contributed by atoms with van der Waals surface area (Å²) in [4.78, 5) is 14.8. The van der Waals surface area contributed by atoms with Crippen molar-refractivity contribution in [3.8, 4) is 0 Å². The molecule has 0 radical (unpaired) electrons. The Balaban J connectivity index is 1.47. The van der Waals surface area contributed by atoms with Crippen LogP contribution in [0.3, 0.4) is 0 Å². The van der Waals surface area contributed by atoms with Gasteiger partial charge < -0.3 is 10.2 Å². The number of rotatable bonds is 4. The van der Waals surface area contributed by atoms with Crippen molar-refractivity contribution in [3.63, 3.8) is 0 Å². The Hall–Kier alpha value is -1.13. The van der Waals surface area contributed by atoms with Crippen molar-refractivity contribution in [1.82, 2.24) is 10.2 Å². The number of carbonyl (C=O) groups is 1. The molecule has 1 aliphatic heterocycles. The van der Waals surface area contributed by atoms with Crippen LogP contribution >= 0.6 is 11.6 Å². The van der Waals surface area contributed by atoms with Gasteiger partial charge in [0, 0.05) is 25.7 Å². The Kier molecular flexibility index (Phi) is 5.54. The van der Waals surface area contributed by atoms with Crippen molar-refractivity contribution in [1.29, 1.82) is 0 Å². The van der Waals surface area contributed by atoms with Gasteiger partial charge in [-0.05, 0) is 49.8 Å². The molecule has 1 heterocycles. The van der Waals surface area contributed by atoms with Crippen molar-refractivity contribution in [2.45, 2.75) is 44.6 Å². The standard InChI is InChI=1S/C18H24ClFN2O/c19-17-11-14(20)5-6-16(17)18(23)21-15-7-9-22(10-8-15)12-13-3-1-2-4-13/h5-6,11,13,15H,1-4,7-10,12H2,(H,21,23). The number of halogens is 2. The molecule has 0 spiro atoms. The maximum Gasteiger partial charge on any atom is 0.253 e. The van der Waals surface area contributed by atoms with Crippen LogP contribution in [-0.2, 0) is 0 Å². The van der Waals surface area contributed by atoms with Gasteiger partial charge in [-0.15, -0.1) is 0 Å². The second-order valence-electron chi connectivity index (χ2n) is 6.82. The SMILES string of the molecule is O=C(NC1CCN(CC2CCCC2)CC1)c1ccc(F)cc1Cl. The number of hydrogen-bond donors (Lipinski definition) is 1. The number of benzene rings is 1. The van der Waals surface area contributed by atoms with Crippen molar-refractivity contribution in [3.05, 3.63) is 34.6 Å². The Labute approximate surface area is 142 Å². The zero-order valence-electron chi connectivity index (χ0n) is 13.4. The van der Waals surface area contributed by atoms with Crippen LogP contribution in [0.1, 0.15) is 48.9 Å². The maximum atomic E-state index is 13.1. The molecule has 1 amide bonds. The topological polar surface area (TPSA) is 32.3 Å². The smallest absolute Gasteiger partial charge is 0.253 e. The summed E-state index contributed by atoms with van der Waals surface area (Å²) in [6.07, 6.45) is 7.46. The lowest BCUT2D eigenvalue weighted by molar-refractivity contribution is 0.0906. The van der Waals surface area contributed by atoms with E-state index in [4.69, 9.17) is 11.6 Å². The number of nitrogens with one attached hydrogen (secondary N) is 1. The summed E-state index contributed by atoms with van der Waals surface area (Å²) in [5, 5.41) is 3.20. The Morgan fingerprint density at radius 3 is 2.57 bits per heavy atom. The molecule has 1 aromatic rings. The van der Waals surface area contributed by atoms with Gasteiger partial charge in [0.25, 0.3) is 5.91 Å². The summed E-state index contributed by atoms with van der Waals surface area (Å²) in [6.45, 7) is 3.29. The third-order valence-electron chi connectivity index (χ3n) is 5.09. The molecule has 0 atom stereocenters. The monoisotopic (exact) mass is 338 g/mol. The van der Waals surface area contributed by atoms with Gasteiger partial charge in [0.15, 0.2) is 0 Å². The molecule has 3 nitrogen and oxygen atoms in total. The molecule has 1 saturated carbocycles. The predicted molar refractivity (Wildman–Crippen MR) is 90.3 cm³/mol. The van der Waals surface area contributed by atoms with E-state index in [0.29, 0.717) is 5.56 Å². The minimum atomic E-state index is -0.424. The molecule has 1 aromatic carbocycles. The lowest BCUT2D eigenvalue weighted by Gasteiger charge is -2.33. The van der Waals surface area contributed by atoms with E-state index >= 15 is 0 Å². The summed E-state index contributed by atoms with van der Waals surface area (Å²) in [6, 6.07) is 4.08. The molecule has 5 heteroatoms. The average molecular weight is 339 g/mol. The van der Waals surface area contributed by atoms with Gasteiger partial charge in [-0.1, -0.05) is 24.4 Å². The fraction of sp³-hybridized carbons (Fsp3) is 0.611. The Morgan fingerprint density at radius 1 is 1.22 bits per heavy atom. The van der Waals surface area contributed by atoms with Crippen LogP contribution in [0.5, 0.6) is 0 Å². The van der Waals surface area contributed by atoms with E-state index in [1.807, 2.05) is 0 Å². The van der Waals surface area contributed by atoms with E-state index in [2.05, 4.69) is 10.2 Å². The molecule has 0 unspecified atom stereocenters. The normalized spacial score (nSPS) is 20.8. The van der Waals surface area contributed by atoms with Gasteiger partial charge in [0.2, 0.25) is 0 Å². The molecular weight excluding hydrogens is 315 g/mol. The first kappa shape index (κ1) is 16.7. The lowest BCUT2D eigenvalue weighted by atomic mass is 10.0. The fourth-order valence-electron chi connectivity index (χ4n) is 3.75. The van der Waals surface area contributed by atoms with Crippen LogP contribution in [0.2, 0.25) is 5.02 Å². The zero-order valence-corrected chi connectivity index (χ0v) is 14.1. The first-order chi connectivity index (χ1) is 11.1. The van der Waals surface area contributed by atoms with Crippen LogP contribution in [0.25, 0.3) is 0 Å². The van der Waals surface area contributed by atoms with Crippen LogP contribution in [0, 0.1) is 11.7 Å². The quantitative estimate of drug-likeness (QED) is 0.904. The second kappa shape index (κ2) is 7.63. The summed E-state index contributed by atoms with van der Waals surface area (Å²) in [5.74, 6) is 0.246. The van der Waals surface area contributed by atoms with Crippen LogP contribution in [0.15, 0.2) is 18.2 Å². The number of carbonyl (C=O) groups excluding carboxylic acids is 1. The highest BCUT2D eigenvalue weighted by Crippen LogP contribution is 2.26. The molecule has 1 saturated heterocycles. The van der Waals surface area contributed by atoms with Gasteiger partial charge in [0.1, 0.15) is 5.82 Å². The van der Waals surface area contributed by atoms with Crippen LogP contribution < -0.4 is 5.32 Å². The largest absolute Gasteiger partial charge is 0.349 e. The molecule has 1 aliphatic carbocycles. The van der Waals surface area contributed by atoms with Crippen molar-refractivity contribution >= 4 is 17.5 Å². The first-order valence-electron chi connectivity index (χ1n) is 8.60. The number of piperidine rings is 1. The van der Waals surface area contributed by atoms with Crippen LogP contribution in [0.4, 0.5) is 4.39 Å². The minimum absolute atomic E-state index is 0.168. The van der Waals surface area contributed by atoms with E-state index in [1.54, 1.807) is 0 Å². The van der Waals surface area contributed by atoms with E-state index in [0.717, 1.165) is 31.8 Å². The van der Waals surface area contributed by atoms with Gasteiger partial charge in [-0.25, -0.2) is 4.39 Å². The molecule has 0 aromatic heterocycles. The van der Waals surface area contributed by atoms with Gasteiger partial charge in [0.05, 0.1) is 10.6 Å². The van der Waals surface area contributed by atoms with E-state index in [1.165, 1.54) is 50.4 Å². The van der Waals surface area contributed by atoms with Crippen molar-refractivity contribution in [2.24, 2.45) is 5.92 Å². The first-order valence-corrected chi connectivity index (χ1v) is 8.98. The fourth-order valence-corrected chi connectivity index (χ4v) is 4.01. The van der Waals surface area contributed by atoms with Crippen molar-refractivity contribution in [2.75, 3.05) is 19.6 Å². The molecule has 2 fully saturated rings. The molecule has 126 valence electrons. The number of likely N-dealkylation sites (tertiary alicyclic amines) is 1. The molecular formula is C18H24ClFN2O. The van der Waals surface area contributed by atoms with Crippen LogP contribution in [-0.4, -0.2) is 36.5 Å². The number of amides is 1. The molecule has 23 heavy (non-hydrogen) atoms. The zero-order chi connectivity index (χ0) is 16.2. The summed E-state index contributed by atoms with van der Waals surface area (Å²) in [7, 11) is 0. The highest BCUT2D eigenvalue weighted by Gasteiger charge is 2.24. The van der Waals surface area contributed by atoms with Crippen molar-refractivity contribution < 1.29 is 9.18 Å². The highest BCUT2D eigenvalue weighted by molar-refractivity contribution is 6.33. The summed E-state index contributed by atoms with van der Waals surface area (Å²) < 4.78 is 13.1. The highest BCUT2D eigenvalue weighted by atomic mass is 35.5. The third kappa shape index (κ3) is 4.45. The van der Waals surface area contributed by atoms with E-state index in [9.17, 15) is 9.18 Å². The molecule has 2 aliphatic rings. The van der Waals surface area contributed by atoms with Gasteiger partial charge in [-0.2, -0.15) is 0 Å². The van der Waals surface area contributed by atoms with E-state index < -0.39 is 5.82 Å². The maximum absolute atomic E-state index is 13.1. The third-order valence-corrected chi connectivity index (χ3v) is 5.40. The van der Waals surface area contributed by atoms with Gasteiger partial charge >= 0.3 is 0 Å². The Bertz CT molecular complexity index is 552.